The van der Waals surface area contributed by atoms with Gasteiger partial charge in [-0.05, 0) is 44.0 Å². The molecule has 0 aliphatic heterocycles. The van der Waals surface area contributed by atoms with Crippen LogP contribution in [0.15, 0.2) is 18.2 Å². The van der Waals surface area contributed by atoms with Crippen LogP contribution in [0.2, 0.25) is 0 Å². The minimum Gasteiger partial charge on any atom is -0.383 e. The van der Waals surface area contributed by atoms with Crippen LogP contribution in [0.3, 0.4) is 0 Å². The summed E-state index contributed by atoms with van der Waals surface area (Å²) in [6.45, 7) is 6.27. The first-order valence-electron chi connectivity index (χ1n) is 4.94. The highest BCUT2D eigenvalue weighted by Crippen LogP contribution is 2.15. The fraction of sp³-hybridized carbons (Fsp3) is 0.417. The van der Waals surface area contributed by atoms with Crippen molar-refractivity contribution in [2.24, 2.45) is 0 Å². The standard InChI is InChI=1S/C12H16N2/c1-4-10(3)14-12-6-9(2)5-11(7-12)8-13/h5-7,10,14H,4H2,1-3H3. The molecule has 0 spiro atoms. The van der Waals surface area contributed by atoms with Crippen molar-refractivity contribution in [3.05, 3.63) is 29.3 Å². The first-order chi connectivity index (χ1) is 6.65. The van der Waals surface area contributed by atoms with E-state index in [-0.39, 0.29) is 0 Å². The Labute approximate surface area is 85.6 Å². The van der Waals surface area contributed by atoms with Crippen molar-refractivity contribution in [2.75, 3.05) is 5.32 Å². The largest absolute Gasteiger partial charge is 0.383 e. The van der Waals surface area contributed by atoms with E-state index < -0.39 is 0 Å². The summed E-state index contributed by atoms with van der Waals surface area (Å²) >= 11 is 0. The zero-order chi connectivity index (χ0) is 10.6. The number of nitrogens with one attached hydrogen (secondary N) is 1. The number of benzene rings is 1. The molecule has 1 N–H and O–H groups in total. The maximum Gasteiger partial charge on any atom is 0.0992 e. The number of hydrogen-bond acceptors (Lipinski definition) is 2. The molecule has 1 aromatic rings. The molecule has 0 saturated heterocycles. The van der Waals surface area contributed by atoms with Crippen LogP contribution in [0.25, 0.3) is 0 Å². The lowest BCUT2D eigenvalue weighted by molar-refractivity contribution is 0.764. The highest BCUT2D eigenvalue weighted by Gasteiger charge is 2.01. The van der Waals surface area contributed by atoms with Gasteiger partial charge in [0.15, 0.2) is 0 Å². The summed E-state index contributed by atoms with van der Waals surface area (Å²) in [7, 11) is 0. The second kappa shape index (κ2) is 4.66. The Morgan fingerprint density at radius 2 is 2.14 bits per heavy atom. The molecule has 14 heavy (non-hydrogen) atoms. The van der Waals surface area contributed by atoms with Gasteiger partial charge in [0, 0.05) is 11.7 Å². The van der Waals surface area contributed by atoms with E-state index in [1.165, 1.54) is 0 Å². The second-order valence-corrected chi connectivity index (χ2v) is 3.65. The molecule has 0 radical (unpaired) electrons. The molecule has 0 aliphatic rings. The topological polar surface area (TPSA) is 35.8 Å². The monoisotopic (exact) mass is 188 g/mol. The molecule has 0 aromatic heterocycles. The molecule has 0 amide bonds. The van der Waals surface area contributed by atoms with Crippen LogP contribution in [0.5, 0.6) is 0 Å². The Hall–Kier alpha value is -1.49. The molecular weight excluding hydrogens is 172 g/mol. The normalized spacial score (nSPS) is 11.9. The van der Waals surface area contributed by atoms with Crippen molar-refractivity contribution >= 4 is 5.69 Å². The fourth-order valence-corrected chi connectivity index (χ4v) is 1.32. The molecule has 1 atom stereocenters. The smallest absolute Gasteiger partial charge is 0.0992 e. The van der Waals surface area contributed by atoms with Gasteiger partial charge in [0.25, 0.3) is 0 Å². The van der Waals surface area contributed by atoms with Crippen molar-refractivity contribution in [1.82, 2.24) is 0 Å². The lowest BCUT2D eigenvalue weighted by atomic mass is 10.1. The van der Waals surface area contributed by atoms with Crippen molar-refractivity contribution in [2.45, 2.75) is 33.2 Å². The van der Waals surface area contributed by atoms with Crippen molar-refractivity contribution < 1.29 is 0 Å². The summed E-state index contributed by atoms with van der Waals surface area (Å²) in [4.78, 5) is 0. The molecule has 0 saturated carbocycles. The quantitative estimate of drug-likeness (QED) is 0.791. The number of hydrogen-bond donors (Lipinski definition) is 1. The van der Waals surface area contributed by atoms with Gasteiger partial charge in [-0.15, -0.1) is 0 Å². The number of nitriles is 1. The predicted molar refractivity (Wildman–Crippen MR) is 59.3 cm³/mol. The fourth-order valence-electron chi connectivity index (χ4n) is 1.32. The van der Waals surface area contributed by atoms with Crippen LogP contribution in [-0.4, -0.2) is 6.04 Å². The molecule has 0 bridgehead atoms. The molecular formula is C12H16N2. The summed E-state index contributed by atoms with van der Waals surface area (Å²) in [5, 5.41) is 12.2. The van der Waals surface area contributed by atoms with Gasteiger partial charge in [-0.3, -0.25) is 0 Å². The first kappa shape index (κ1) is 10.6. The number of nitrogens with zero attached hydrogens (tertiary/aromatic N) is 1. The van der Waals surface area contributed by atoms with E-state index >= 15 is 0 Å². The van der Waals surface area contributed by atoms with Crippen molar-refractivity contribution in [3.8, 4) is 6.07 Å². The van der Waals surface area contributed by atoms with Crippen LogP contribution in [0.1, 0.15) is 31.4 Å². The van der Waals surface area contributed by atoms with Gasteiger partial charge in [-0.2, -0.15) is 5.26 Å². The van der Waals surface area contributed by atoms with Gasteiger partial charge in [0.2, 0.25) is 0 Å². The van der Waals surface area contributed by atoms with E-state index in [4.69, 9.17) is 5.26 Å². The summed E-state index contributed by atoms with van der Waals surface area (Å²) < 4.78 is 0. The first-order valence-corrected chi connectivity index (χ1v) is 4.94. The summed E-state index contributed by atoms with van der Waals surface area (Å²) in [5.74, 6) is 0. The summed E-state index contributed by atoms with van der Waals surface area (Å²) in [6.07, 6.45) is 1.08. The van der Waals surface area contributed by atoms with E-state index in [2.05, 4.69) is 31.3 Å². The van der Waals surface area contributed by atoms with E-state index in [0.717, 1.165) is 23.2 Å². The summed E-state index contributed by atoms with van der Waals surface area (Å²) in [5.41, 5.74) is 2.88. The maximum absolute atomic E-state index is 8.80. The Morgan fingerprint density at radius 1 is 1.43 bits per heavy atom. The third kappa shape index (κ3) is 2.77. The Balaban J connectivity index is 2.88. The Morgan fingerprint density at radius 3 is 2.71 bits per heavy atom. The molecule has 1 aromatic carbocycles. The highest BCUT2D eigenvalue weighted by atomic mass is 14.9. The van der Waals surface area contributed by atoms with Gasteiger partial charge in [0.1, 0.15) is 0 Å². The van der Waals surface area contributed by atoms with Crippen molar-refractivity contribution in [1.29, 1.82) is 5.26 Å². The molecule has 2 nitrogen and oxygen atoms in total. The molecule has 0 aliphatic carbocycles. The van der Waals surface area contributed by atoms with E-state index in [1.54, 1.807) is 0 Å². The van der Waals surface area contributed by atoms with E-state index in [0.29, 0.717) is 6.04 Å². The lowest BCUT2D eigenvalue weighted by Gasteiger charge is -2.13. The predicted octanol–water partition coefficient (Wildman–Crippen LogP) is 3.08. The SMILES string of the molecule is CCC(C)Nc1cc(C)cc(C#N)c1. The average Bonchev–Trinajstić information content (AvgIpc) is 2.16. The Bertz CT molecular complexity index is 350. The van der Waals surface area contributed by atoms with Gasteiger partial charge in [0.05, 0.1) is 11.6 Å². The number of aryl methyl sites for hydroxylation is 1. The van der Waals surface area contributed by atoms with Gasteiger partial charge >= 0.3 is 0 Å². The van der Waals surface area contributed by atoms with Gasteiger partial charge in [-0.25, -0.2) is 0 Å². The van der Waals surface area contributed by atoms with Gasteiger partial charge < -0.3 is 5.32 Å². The van der Waals surface area contributed by atoms with Crippen molar-refractivity contribution in [3.63, 3.8) is 0 Å². The molecule has 74 valence electrons. The number of rotatable bonds is 3. The molecule has 0 heterocycles. The maximum atomic E-state index is 8.80. The second-order valence-electron chi connectivity index (χ2n) is 3.65. The highest BCUT2D eigenvalue weighted by molar-refractivity contribution is 5.52. The average molecular weight is 188 g/mol. The molecule has 0 fully saturated rings. The van der Waals surface area contributed by atoms with E-state index in [1.807, 2.05) is 19.1 Å². The van der Waals surface area contributed by atoms with Crippen LogP contribution in [0, 0.1) is 18.3 Å². The summed E-state index contributed by atoms with van der Waals surface area (Å²) in [6, 6.07) is 8.45. The zero-order valence-electron chi connectivity index (χ0n) is 8.96. The van der Waals surface area contributed by atoms with E-state index in [9.17, 15) is 0 Å². The molecule has 2 heteroatoms. The molecule has 1 unspecified atom stereocenters. The third-order valence-corrected chi connectivity index (χ3v) is 2.23. The van der Waals surface area contributed by atoms with Gasteiger partial charge in [-0.1, -0.05) is 6.92 Å². The van der Waals surface area contributed by atoms with Crippen LogP contribution >= 0.6 is 0 Å². The minimum absolute atomic E-state index is 0.448. The minimum atomic E-state index is 0.448. The van der Waals surface area contributed by atoms with Crippen LogP contribution in [0.4, 0.5) is 5.69 Å². The van der Waals surface area contributed by atoms with Crippen LogP contribution < -0.4 is 5.32 Å². The van der Waals surface area contributed by atoms with Crippen LogP contribution in [-0.2, 0) is 0 Å². The number of anilines is 1. The Kier molecular flexibility index (Phi) is 3.53. The lowest BCUT2D eigenvalue weighted by Crippen LogP contribution is -2.13. The molecule has 1 rings (SSSR count). The third-order valence-electron chi connectivity index (χ3n) is 2.23. The zero-order valence-corrected chi connectivity index (χ0v) is 8.96.